The summed E-state index contributed by atoms with van der Waals surface area (Å²) in [6, 6.07) is -0.855. The Hall–Kier alpha value is -2.81. The van der Waals surface area contributed by atoms with E-state index in [0.717, 1.165) is 122 Å². The van der Waals surface area contributed by atoms with Crippen molar-refractivity contribution in [2.75, 3.05) is 40.9 Å². The molecule has 0 radical (unpaired) electrons. The van der Waals surface area contributed by atoms with Gasteiger partial charge in [0.15, 0.2) is 0 Å². The largest absolute Gasteiger partial charge is 0.472 e. The van der Waals surface area contributed by atoms with Crippen molar-refractivity contribution >= 4 is 19.7 Å². The Labute approximate surface area is 463 Å². The maximum Gasteiger partial charge on any atom is 0.472 e. The highest BCUT2D eigenvalue weighted by Gasteiger charge is 2.30. The normalized spacial score (nSPS) is 14.3. The second-order valence-electron chi connectivity index (χ2n) is 21.9. The molecule has 9 nitrogen and oxygen atoms in total. The average Bonchev–Trinajstić information content (AvgIpc) is 3.37. The van der Waals surface area contributed by atoms with Crippen LogP contribution >= 0.6 is 7.82 Å². The molecule has 0 spiro atoms. The first-order valence-electron chi connectivity index (χ1n) is 30.9. The standard InChI is InChI=1S/C65H117N2O7P/c1-7-10-13-16-19-22-25-27-28-29-30-31-32-33-34-35-36-37-38-40-43-46-49-52-55-58-65(69)74-63(56-53-50-47-44-42-39-26-23-20-17-14-11-8-2)62(61-73-75(70,71)72-60-59-67(4,5)6)66-64(68)57-54-51-48-45-41-24-21-18-15-12-9-3/h10,13,19,22,27-28,30-31,33-34,36-37,53,56,62-63H,7-9,11-12,14-18,20-21,23-26,29,32,35,38-52,54-55,57-61H2,1-6H3,(H-,66,68,70,71)/p+1/b13-10-,22-19-,28-27-,31-30-,34-33-,37-36-,56-53-. The maximum absolute atomic E-state index is 13.5. The monoisotopic (exact) mass is 1070 g/mol. The minimum Gasteiger partial charge on any atom is -0.456 e. The number of hydrogen-bond donors (Lipinski definition) is 2. The average molecular weight is 1070 g/mol. The van der Waals surface area contributed by atoms with E-state index in [-0.39, 0.29) is 31.5 Å². The summed E-state index contributed by atoms with van der Waals surface area (Å²) < 4.78 is 30.6. The third-order valence-electron chi connectivity index (χ3n) is 13.3. The Morgan fingerprint density at radius 3 is 1.28 bits per heavy atom. The van der Waals surface area contributed by atoms with E-state index < -0.39 is 20.0 Å². The topological polar surface area (TPSA) is 111 Å². The van der Waals surface area contributed by atoms with Crippen LogP contribution in [0.25, 0.3) is 0 Å². The van der Waals surface area contributed by atoms with Gasteiger partial charge in [-0.2, -0.15) is 0 Å². The zero-order valence-electron chi connectivity index (χ0n) is 49.5. The molecule has 2 N–H and O–H groups in total. The molecule has 1 amide bonds. The second-order valence-corrected chi connectivity index (χ2v) is 23.3. The van der Waals surface area contributed by atoms with Gasteiger partial charge in [0.2, 0.25) is 5.91 Å². The van der Waals surface area contributed by atoms with Gasteiger partial charge in [-0.05, 0) is 83.1 Å². The van der Waals surface area contributed by atoms with Crippen molar-refractivity contribution < 1.29 is 37.3 Å². The van der Waals surface area contributed by atoms with Gasteiger partial charge < -0.3 is 19.4 Å². The lowest BCUT2D eigenvalue weighted by molar-refractivity contribution is -0.870. The molecule has 0 aromatic carbocycles. The van der Waals surface area contributed by atoms with Crippen molar-refractivity contribution in [3.05, 3.63) is 85.1 Å². The molecule has 3 unspecified atom stereocenters. The number of likely N-dealkylation sites (N-methyl/N-ethyl adjacent to an activating group) is 1. The van der Waals surface area contributed by atoms with Crippen LogP contribution in [0.1, 0.15) is 265 Å². The maximum atomic E-state index is 13.5. The van der Waals surface area contributed by atoms with E-state index in [1.807, 2.05) is 33.3 Å². The Balaban J connectivity index is 5.20. The Bertz CT molecular complexity index is 1560. The van der Waals surface area contributed by atoms with E-state index in [1.54, 1.807) is 0 Å². The number of rotatable bonds is 55. The Morgan fingerprint density at radius 2 is 0.853 bits per heavy atom. The predicted molar refractivity (Wildman–Crippen MR) is 323 cm³/mol. The summed E-state index contributed by atoms with van der Waals surface area (Å²) in [5.74, 6) is -0.521. The number of carbonyl (C=O) groups is 2. The van der Waals surface area contributed by atoms with Crippen LogP contribution in [-0.4, -0.2) is 74.3 Å². The second kappa shape index (κ2) is 54.5. The summed E-state index contributed by atoms with van der Waals surface area (Å²) in [6.07, 6.45) is 71.5. The molecular formula is C65H118N2O7P+. The van der Waals surface area contributed by atoms with Crippen LogP contribution in [0.15, 0.2) is 85.1 Å². The number of unbranched alkanes of at least 4 members (excludes halogenated alkanes) is 27. The van der Waals surface area contributed by atoms with E-state index in [0.29, 0.717) is 17.4 Å². The number of quaternary nitrogens is 1. The molecule has 0 rings (SSSR count). The lowest BCUT2D eigenvalue weighted by Gasteiger charge is -2.27. The molecule has 0 aromatic rings. The number of ether oxygens (including phenoxy) is 1. The Kier molecular flexibility index (Phi) is 52.5. The van der Waals surface area contributed by atoms with Gasteiger partial charge >= 0.3 is 13.8 Å². The fraction of sp³-hybridized carbons (Fsp3) is 0.754. The van der Waals surface area contributed by atoms with Crippen molar-refractivity contribution in [1.82, 2.24) is 5.32 Å². The number of amides is 1. The van der Waals surface area contributed by atoms with Crippen molar-refractivity contribution in [2.45, 2.75) is 277 Å². The number of nitrogens with zero attached hydrogens (tertiary/aromatic N) is 1. The molecule has 0 aromatic heterocycles. The van der Waals surface area contributed by atoms with Crippen molar-refractivity contribution in [3.63, 3.8) is 0 Å². The number of esters is 1. The zero-order valence-corrected chi connectivity index (χ0v) is 50.4. The SMILES string of the molecule is CC/C=C\C/C=C\C/C=C\C/C=C\C/C=C\C/C=C\CCCCCCCCC(=O)OC(/C=C\CCCCCCCCCCCCC)C(COP(=O)(O)OCC[N+](C)(C)C)NC(=O)CCCCCCCCCCCCC. The third-order valence-corrected chi connectivity index (χ3v) is 14.3. The molecule has 10 heteroatoms. The van der Waals surface area contributed by atoms with Gasteiger partial charge in [0, 0.05) is 12.8 Å². The lowest BCUT2D eigenvalue weighted by atomic mass is 10.0. The molecule has 0 bridgehead atoms. The molecule has 0 saturated heterocycles. The van der Waals surface area contributed by atoms with Crippen LogP contribution in [0, 0.1) is 0 Å². The van der Waals surface area contributed by atoms with Gasteiger partial charge in [0.1, 0.15) is 19.3 Å². The van der Waals surface area contributed by atoms with E-state index in [2.05, 4.69) is 99.0 Å². The number of allylic oxidation sites excluding steroid dienone is 13. The summed E-state index contributed by atoms with van der Waals surface area (Å²) >= 11 is 0. The van der Waals surface area contributed by atoms with Crippen molar-refractivity contribution in [1.29, 1.82) is 0 Å². The Morgan fingerprint density at radius 1 is 0.480 bits per heavy atom. The quantitative estimate of drug-likeness (QED) is 0.0205. The zero-order chi connectivity index (χ0) is 55.0. The van der Waals surface area contributed by atoms with Crippen molar-refractivity contribution in [2.24, 2.45) is 0 Å². The first-order chi connectivity index (χ1) is 36.4. The fourth-order valence-corrected chi connectivity index (χ4v) is 9.33. The first-order valence-corrected chi connectivity index (χ1v) is 32.4. The summed E-state index contributed by atoms with van der Waals surface area (Å²) in [5.41, 5.74) is 0. The number of phosphoric ester groups is 1. The highest BCUT2D eigenvalue weighted by atomic mass is 31.2. The smallest absolute Gasteiger partial charge is 0.456 e. The van der Waals surface area contributed by atoms with E-state index in [9.17, 15) is 19.0 Å². The molecule has 0 heterocycles. The third kappa shape index (κ3) is 55.7. The number of nitrogens with one attached hydrogen (secondary N) is 1. The summed E-state index contributed by atoms with van der Waals surface area (Å²) in [6.45, 7) is 6.88. The van der Waals surface area contributed by atoms with E-state index in [1.165, 1.54) is 109 Å². The first kappa shape index (κ1) is 72.2. The molecule has 0 saturated carbocycles. The number of phosphoric acid groups is 1. The van der Waals surface area contributed by atoms with Crippen LogP contribution in [0.3, 0.4) is 0 Å². The molecule has 0 aliphatic rings. The van der Waals surface area contributed by atoms with E-state index >= 15 is 0 Å². The van der Waals surface area contributed by atoms with Crippen LogP contribution in [0.5, 0.6) is 0 Å². The van der Waals surface area contributed by atoms with Gasteiger partial charge in [-0.1, -0.05) is 254 Å². The lowest BCUT2D eigenvalue weighted by Crippen LogP contribution is -2.47. The molecule has 0 aliphatic heterocycles. The highest BCUT2D eigenvalue weighted by Crippen LogP contribution is 2.43. The predicted octanol–water partition coefficient (Wildman–Crippen LogP) is 19.0. The van der Waals surface area contributed by atoms with Crippen LogP contribution in [0.4, 0.5) is 0 Å². The molecule has 3 atom stereocenters. The minimum atomic E-state index is -4.45. The molecule has 0 fully saturated rings. The van der Waals surface area contributed by atoms with Crippen LogP contribution in [0.2, 0.25) is 0 Å². The van der Waals surface area contributed by atoms with Crippen LogP contribution in [-0.2, 0) is 27.9 Å². The van der Waals surface area contributed by atoms with Crippen LogP contribution < -0.4 is 5.32 Å². The summed E-state index contributed by atoms with van der Waals surface area (Å²) in [4.78, 5) is 37.6. The highest BCUT2D eigenvalue weighted by molar-refractivity contribution is 7.47. The minimum absolute atomic E-state index is 0.0356. The van der Waals surface area contributed by atoms with Crippen molar-refractivity contribution in [3.8, 4) is 0 Å². The molecular weight excluding hydrogens is 952 g/mol. The van der Waals surface area contributed by atoms with Gasteiger partial charge in [-0.3, -0.25) is 18.6 Å². The number of carbonyl (C=O) groups excluding carboxylic acids is 2. The van der Waals surface area contributed by atoms with Gasteiger partial charge in [0.25, 0.3) is 0 Å². The summed E-state index contributed by atoms with van der Waals surface area (Å²) in [7, 11) is 1.48. The molecule has 434 valence electrons. The van der Waals surface area contributed by atoms with Gasteiger partial charge in [-0.15, -0.1) is 0 Å². The van der Waals surface area contributed by atoms with E-state index in [4.69, 9.17) is 13.8 Å². The summed E-state index contributed by atoms with van der Waals surface area (Å²) in [5, 5.41) is 3.05. The molecule has 75 heavy (non-hydrogen) atoms. The fourth-order valence-electron chi connectivity index (χ4n) is 8.59. The number of hydrogen-bond acceptors (Lipinski definition) is 6. The molecule has 0 aliphatic carbocycles. The van der Waals surface area contributed by atoms with Gasteiger partial charge in [0.05, 0.1) is 33.8 Å². The van der Waals surface area contributed by atoms with Gasteiger partial charge in [-0.25, -0.2) is 4.57 Å².